The van der Waals surface area contributed by atoms with Gasteiger partial charge in [0.1, 0.15) is 35.7 Å². The van der Waals surface area contributed by atoms with E-state index in [1.165, 1.54) is 11.0 Å². The van der Waals surface area contributed by atoms with Crippen LogP contribution in [-0.2, 0) is 14.3 Å². The quantitative estimate of drug-likeness (QED) is 0.261. The van der Waals surface area contributed by atoms with Crippen molar-refractivity contribution in [2.45, 2.75) is 77.7 Å². The molecule has 2 aromatic rings. The Morgan fingerprint density at radius 3 is 2.56 bits per heavy atom. The van der Waals surface area contributed by atoms with Gasteiger partial charge >= 0.3 is 12.1 Å². The van der Waals surface area contributed by atoms with Crippen LogP contribution in [0.5, 0.6) is 11.6 Å². The van der Waals surface area contributed by atoms with Crippen LogP contribution in [0.15, 0.2) is 37.4 Å². The SMILES string of the molecule is C=CCCC[C@@H]1C[C@H]1OC(=O)N[C@H](C(=O)N1C[C@H](Oc2nc3cc(OC)ccc3nc2C=C)[C@@H](C)[C@H]1C(=O)O)C(C)(C)C. The fraction of sp³-hybridized carbons (Fsp3) is 0.531. The fourth-order valence-electron chi connectivity index (χ4n) is 5.51. The molecule has 43 heavy (non-hydrogen) atoms. The van der Waals surface area contributed by atoms with Crippen LogP contribution < -0.4 is 14.8 Å². The Hall–Kier alpha value is -4.15. The molecule has 1 saturated carbocycles. The molecule has 2 fully saturated rings. The predicted octanol–water partition coefficient (Wildman–Crippen LogP) is 4.85. The van der Waals surface area contributed by atoms with Gasteiger partial charge in [0.05, 0.1) is 24.7 Å². The largest absolute Gasteiger partial charge is 0.497 e. The van der Waals surface area contributed by atoms with Crippen molar-refractivity contribution in [2.24, 2.45) is 17.3 Å². The second-order valence-corrected chi connectivity index (χ2v) is 12.4. The van der Waals surface area contributed by atoms with E-state index >= 15 is 0 Å². The third-order valence-corrected chi connectivity index (χ3v) is 8.13. The Morgan fingerprint density at radius 2 is 1.93 bits per heavy atom. The molecule has 2 N–H and O–H groups in total. The minimum atomic E-state index is -1.18. The van der Waals surface area contributed by atoms with Crippen molar-refractivity contribution in [2.75, 3.05) is 13.7 Å². The molecular weight excluding hydrogens is 552 g/mol. The number of amides is 2. The number of hydrogen-bond donors (Lipinski definition) is 2. The monoisotopic (exact) mass is 594 g/mol. The average Bonchev–Trinajstić information content (AvgIpc) is 3.60. The summed E-state index contributed by atoms with van der Waals surface area (Å²) in [5.41, 5.74) is 0.805. The van der Waals surface area contributed by atoms with Crippen molar-refractivity contribution in [3.05, 3.63) is 43.1 Å². The third kappa shape index (κ3) is 7.26. The summed E-state index contributed by atoms with van der Waals surface area (Å²) in [6, 6.07) is 3.06. The standard InChI is InChI=1S/C32H42N4O7/c1-8-10-11-12-19-15-24(19)43-31(40)35-27(32(4,5)6)29(37)36-17-25(18(3)26(36)30(38)39)42-28-21(9-2)33-22-14-13-20(41-7)16-23(22)34-28/h8-9,13-14,16,18-19,24-27H,1-2,10-12,15,17H2,3-7H3,(H,35,40)(H,38,39)/t18-,19-,24-,25+,26+,27-/m1/s1. The molecule has 2 aliphatic rings. The molecule has 11 heteroatoms. The van der Waals surface area contributed by atoms with Crippen molar-refractivity contribution in [3.8, 4) is 11.6 Å². The molecule has 2 heterocycles. The van der Waals surface area contributed by atoms with E-state index in [4.69, 9.17) is 14.2 Å². The van der Waals surface area contributed by atoms with Crippen LogP contribution in [0, 0.1) is 17.3 Å². The molecule has 1 aliphatic heterocycles. The van der Waals surface area contributed by atoms with E-state index in [9.17, 15) is 19.5 Å². The number of unbranched alkanes of at least 4 members (excludes halogenated alkanes) is 1. The third-order valence-electron chi connectivity index (χ3n) is 8.13. The Balaban J connectivity index is 1.51. The number of aliphatic carboxylic acids is 1. The molecule has 0 spiro atoms. The second-order valence-electron chi connectivity index (χ2n) is 12.4. The Bertz CT molecular complexity index is 1390. The van der Waals surface area contributed by atoms with Gasteiger partial charge in [-0.1, -0.05) is 40.3 Å². The van der Waals surface area contributed by atoms with Gasteiger partial charge in [0.15, 0.2) is 0 Å². The Labute approximate surface area is 252 Å². The fourth-order valence-corrected chi connectivity index (χ4v) is 5.51. The number of hydrogen-bond acceptors (Lipinski definition) is 8. The molecule has 232 valence electrons. The number of carboxylic acid groups (broad SMARTS) is 1. The zero-order valence-corrected chi connectivity index (χ0v) is 25.5. The predicted molar refractivity (Wildman–Crippen MR) is 162 cm³/mol. The summed E-state index contributed by atoms with van der Waals surface area (Å²) in [5, 5.41) is 12.9. The van der Waals surface area contributed by atoms with E-state index < -0.39 is 47.5 Å². The van der Waals surface area contributed by atoms with E-state index in [0.717, 1.165) is 25.7 Å². The highest BCUT2D eigenvalue weighted by Crippen LogP contribution is 2.38. The maximum Gasteiger partial charge on any atom is 0.408 e. The molecule has 1 aliphatic carbocycles. The lowest BCUT2D eigenvalue weighted by Crippen LogP contribution is -2.57. The maximum absolute atomic E-state index is 14.0. The molecule has 0 radical (unpaired) electrons. The van der Waals surface area contributed by atoms with Crippen LogP contribution in [0.25, 0.3) is 17.1 Å². The molecule has 1 saturated heterocycles. The van der Waals surface area contributed by atoms with Gasteiger partial charge in [-0.15, -0.1) is 6.58 Å². The first-order chi connectivity index (χ1) is 20.4. The Kier molecular flexibility index (Phi) is 9.62. The number of aromatic nitrogens is 2. The first kappa shape index (κ1) is 31.8. The highest BCUT2D eigenvalue weighted by atomic mass is 16.6. The molecule has 6 atom stereocenters. The van der Waals surface area contributed by atoms with Crippen molar-refractivity contribution in [1.82, 2.24) is 20.2 Å². The number of carbonyl (C=O) groups is 3. The normalized spacial score (nSPS) is 23.7. The number of fused-ring (bicyclic) bond motifs is 1. The summed E-state index contributed by atoms with van der Waals surface area (Å²) < 4.78 is 17.1. The number of allylic oxidation sites excluding steroid dienone is 1. The smallest absolute Gasteiger partial charge is 0.408 e. The van der Waals surface area contributed by atoms with Gasteiger partial charge < -0.3 is 29.5 Å². The summed E-state index contributed by atoms with van der Waals surface area (Å²) in [7, 11) is 1.55. The number of benzene rings is 1. The van der Waals surface area contributed by atoms with Crippen molar-refractivity contribution >= 4 is 35.1 Å². The summed E-state index contributed by atoms with van der Waals surface area (Å²) in [5.74, 6) is -1.21. The number of ether oxygens (including phenoxy) is 3. The number of alkyl carbamates (subject to hydrolysis) is 1. The van der Waals surface area contributed by atoms with Crippen LogP contribution in [0.3, 0.4) is 0 Å². The first-order valence-corrected chi connectivity index (χ1v) is 14.6. The van der Waals surface area contributed by atoms with Crippen molar-refractivity contribution in [1.29, 1.82) is 0 Å². The van der Waals surface area contributed by atoms with Gasteiger partial charge in [-0.2, -0.15) is 0 Å². The lowest BCUT2D eigenvalue weighted by molar-refractivity contribution is -0.151. The van der Waals surface area contributed by atoms with Gasteiger partial charge in [0, 0.05) is 12.0 Å². The molecule has 2 amide bonds. The van der Waals surface area contributed by atoms with Crippen LogP contribution >= 0.6 is 0 Å². The molecule has 11 nitrogen and oxygen atoms in total. The van der Waals surface area contributed by atoms with E-state index in [2.05, 4.69) is 28.4 Å². The summed E-state index contributed by atoms with van der Waals surface area (Å²) >= 11 is 0. The summed E-state index contributed by atoms with van der Waals surface area (Å²) in [6.07, 6.45) is 5.44. The van der Waals surface area contributed by atoms with Crippen LogP contribution in [-0.4, -0.2) is 75.9 Å². The van der Waals surface area contributed by atoms with Crippen LogP contribution in [0.2, 0.25) is 0 Å². The molecular formula is C32H42N4O7. The van der Waals surface area contributed by atoms with Gasteiger partial charge in [0.25, 0.3) is 0 Å². The van der Waals surface area contributed by atoms with E-state index in [1.807, 2.05) is 26.8 Å². The second kappa shape index (κ2) is 13.0. The van der Waals surface area contributed by atoms with Gasteiger partial charge in [0.2, 0.25) is 11.8 Å². The van der Waals surface area contributed by atoms with Gasteiger partial charge in [-0.3, -0.25) is 4.79 Å². The summed E-state index contributed by atoms with van der Waals surface area (Å²) in [4.78, 5) is 49.7. The number of rotatable bonds is 12. The van der Waals surface area contributed by atoms with E-state index in [0.29, 0.717) is 28.4 Å². The first-order valence-electron chi connectivity index (χ1n) is 14.6. The van der Waals surface area contributed by atoms with E-state index in [1.54, 1.807) is 32.2 Å². The van der Waals surface area contributed by atoms with Crippen LogP contribution in [0.1, 0.15) is 59.1 Å². The molecule has 4 rings (SSSR count). The number of nitrogens with one attached hydrogen (secondary N) is 1. The summed E-state index contributed by atoms with van der Waals surface area (Å²) in [6.45, 7) is 14.7. The zero-order valence-electron chi connectivity index (χ0n) is 25.5. The minimum absolute atomic E-state index is 0.0251. The van der Waals surface area contributed by atoms with E-state index in [-0.39, 0.29) is 18.5 Å². The van der Waals surface area contributed by atoms with Gasteiger partial charge in [-0.25, -0.2) is 19.6 Å². The molecule has 1 aromatic heterocycles. The number of methoxy groups -OCH3 is 1. The number of likely N-dealkylation sites (tertiary alicyclic amines) is 1. The van der Waals surface area contributed by atoms with Crippen molar-refractivity contribution in [3.63, 3.8) is 0 Å². The lowest BCUT2D eigenvalue weighted by Gasteiger charge is -2.34. The van der Waals surface area contributed by atoms with Crippen LogP contribution in [0.4, 0.5) is 4.79 Å². The number of nitrogens with zero attached hydrogens (tertiary/aromatic N) is 3. The molecule has 0 unspecified atom stereocenters. The lowest BCUT2D eigenvalue weighted by atomic mass is 9.85. The zero-order chi connectivity index (χ0) is 31.5. The molecule has 0 bridgehead atoms. The van der Waals surface area contributed by atoms with Crippen molar-refractivity contribution < 1.29 is 33.7 Å². The highest BCUT2D eigenvalue weighted by Gasteiger charge is 2.50. The highest BCUT2D eigenvalue weighted by molar-refractivity contribution is 5.90. The maximum atomic E-state index is 14.0. The van der Waals surface area contributed by atoms with Gasteiger partial charge in [-0.05, 0) is 55.2 Å². The Morgan fingerprint density at radius 1 is 1.19 bits per heavy atom. The number of carboxylic acids is 1. The molecule has 1 aromatic carbocycles. The topological polar surface area (TPSA) is 140 Å². The average molecular weight is 595 g/mol. The number of carbonyl (C=O) groups excluding carboxylic acids is 2. The minimum Gasteiger partial charge on any atom is -0.497 e.